The topological polar surface area (TPSA) is 64.3 Å². The number of carboxylic acids is 1. The summed E-state index contributed by atoms with van der Waals surface area (Å²) in [4.78, 5) is 13.0. The van der Waals surface area contributed by atoms with E-state index in [1.807, 2.05) is 18.7 Å². The molecule has 0 amide bonds. The van der Waals surface area contributed by atoms with Gasteiger partial charge in [0.05, 0.1) is 12.1 Å². The molecule has 1 N–H and O–H groups in total. The van der Waals surface area contributed by atoms with Crippen LogP contribution in [0.4, 0.5) is 0 Å². The lowest BCUT2D eigenvalue weighted by Crippen LogP contribution is -2.53. The largest absolute Gasteiger partial charge is 0.480 e. The fraction of sp³-hybridized carbons (Fsp3) is 0.818. The Morgan fingerprint density at radius 1 is 1.73 bits per heavy atom. The van der Waals surface area contributed by atoms with Crippen LogP contribution in [0.5, 0.6) is 0 Å². The van der Waals surface area contributed by atoms with Gasteiger partial charge in [0.1, 0.15) is 6.04 Å². The summed E-state index contributed by atoms with van der Waals surface area (Å²) in [5.41, 5.74) is 0. The summed E-state index contributed by atoms with van der Waals surface area (Å²) in [7, 11) is 0. The second-order valence-electron chi connectivity index (χ2n) is 4.19. The van der Waals surface area contributed by atoms with Crippen LogP contribution >= 0.6 is 0 Å². The number of carbonyl (C=O) groups is 1. The van der Waals surface area contributed by atoms with Crippen molar-refractivity contribution in [2.75, 3.05) is 6.54 Å². The van der Waals surface area contributed by atoms with Crippen LogP contribution in [0.25, 0.3) is 0 Å². The van der Waals surface area contributed by atoms with Gasteiger partial charge in [0.15, 0.2) is 0 Å². The van der Waals surface area contributed by atoms with E-state index in [4.69, 9.17) is 10.4 Å². The monoisotopic (exact) mass is 210 g/mol. The summed E-state index contributed by atoms with van der Waals surface area (Å²) in [5, 5.41) is 18.1. The van der Waals surface area contributed by atoms with Crippen molar-refractivity contribution in [2.24, 2.45) is 5.92 Å². The molecular formula is C11H18N2O2. The van der Waals surface area contributed by atoms with Crippen LogP contribution in [0, 0.1) is 17.2 Å². The van der Waals surface area contributed by atoms with Crippen LogP contribution in [0.3, 0.4) is 0 Å². The summed E-state index contributed by atoms with van der Waals surface area (Å²) < 4.78 is 0. The Morgan fingerprint density at radius 3 is 2.87 bits per heavy atom. The molecule has 1 saturated heterocycles. The van der Waals surface area contributed by atoms with Gasteiger partial charge in [0.2, 0.25) is 0 Å². The van der Waals surface area contributed by atoms with Gasteiger partial charge in [0, 0.05) is 6.54 Å². The first-order valence-electron chi connectivity index (χ1n) is 5.50. The van der Waals surface area contributed by atoms with E-state index in [0.717, 1.165) is 19.4 Å². The van der Waals surface area contributed by atoms with E-state index in [2.05, 4.69) is 6.07 Å². The molecule has 1 heterocycles. The van der Waals surface area contributed by atoms with E-state index in [1.54, 1.807) is 0 Å². The highest BCUT2D eigenvalue weighted by molar-refractivity contribution is 5.74. The molecule has 0 aliphatic carbocycles. The molecule has 84 valence electrons. The maximum Gasteiger partial charge on any atom is 0.321 e. The molecule has 0 aromatic rings. The van der Waals surface area contributed by atoms with Gasteiger partial charge in [-0.2, -0.15) is 5.26 Å². The van der Waals surface area contributed by atoms with Gasteiger partial charge < -0.3 is 5.11 Å². The molecule has 0 saturated carbocycles. The first-order chi connectivity index (χ1) is 7.11. The van der Waals surface area contributed by atoms with Crippen LogP contribution in [-0.4, -0.2) is 34.6 Å². The van der Waals surface area contributed by atoms with Crippen molar-refractivity contribution in [3.8, 4) is 6.07 Å². The van der Waals surface area contributed by atoms with E-state index >= 15 is 0 Å². The second kappa shape index (κ2) is 5.13. The van der Waals surface area contributed by atoms with Gasteiger partial charge in [-0.1, -0.05) is 13.8 Å². The number of likely N-dealkylation sites (tertiary alicyclic amines) is 1. The van der Waals surface area contributed by atoms with Gasteiger partial charge in [-0.15, -0.1) is 0 Å². The van der Waals surface area contributed by atoms with Gasteiger partial charge in [-0.05, 0) is 25.2 Å². The molecule has 15 heavy (non-hydrogen) atoms. The molecular weight excluding hydrogens is 192 g/mol. The summed E-state index contributed by atoms with van der Waals surface area (Å²) in [6, 6.07) is 1.45. The number of nitriles is 1. The fourth-order valence-electron chi connectivity index (χ4n) is 2.35. The number of rotatable bonds is 3. The lowest BCUT2D eigenvalue weighted by Gasteiger charge is -2.39. The minimum atomic E-state index is -0.795. The van der Waals surface area contributed by atoms with Crippen LogP contribution in [0.2, 0.25) is 0 Å². The molecule has 1 aliphatic heterocycles. The quantitative estimate of drug-likeness (QED) is 0.766. The van der Waals surface area contributed by atoms with Gasteiger partial charge in [0.25, 0.3) is 0 Å². The zero-order valence-corrected chi connectivity index (χ0v) is 9.31. The standard InChI is InChI=1S/C11H18N2O2/c1-3-9(7-12)13-6-4-5-8(2)10(13)11(14)15/h8-10H,3-6H2,1-2H3,(H,14,15). The highest BCUT2D eigenvalue weighted by Gasteiger charge is 2.37. The minimum Gasteiger partial charge on any atom is -0.480 e. The lowest BCUT2D eigenvalue weighted by atomic mass is 9.89. The number of hydrogen-bond acceptors (Lipinski definition) is 3. The Kier molecular flexibility index (Phi) is 4.10. The number of hydrogen-bond donors (Lipinski definition) is 1. The third kappa shape index (κ3) is 2.48. The highest BCUT2D eigenvalue weighted by atomic mass is 16.4. The average Bonchev–Trinajstić information content (AvgIpc) is 2.19. The van der Waals surface area contributed by atoms with Crippen LogP contribution < -0.4 is 0 Å². The second-order valence-corrected chi connectivity index (χ2v) is 4.19. The van der Waals surface area contributed by atoms with E-state index in [-0.39, 0.29) is 12.0 Å². The zero-order chi connectivity index (χ0) is 11.4. The number of nitrogens with zero attached hydrogens (tertiary/aromatic N) is 2. The fourth-order valence-corrected chi connectivity index (χ4v) is 2.35. The van der Waals surface area contributed by atoms with Crippen molar-refractivity contribution in [1.82, 2.24) is 4.90 Å². The van der Waals surface area contributed by atoms with Crippen molar-refractivity contribution in [1.29, 1.82) is 5.26 Å². The Balaban J connectivity index is 2.84. The Hall–Kier alpha value is -1.08. The van der Waals surface area contributed by atoms with Gasteiger partial charge >= 0.3 is 5.97 Å². The SMILES string of the molecule is CCC(C#N)N1CCCC(C)C1C(=O)O. The van der Waals surface area contributed by atoms with Crippen molar-refractivity contribution in [3.63, 3.8) is 0 Å². The first kappa shape index (κ1) is 12.0. The summed E-state index contributed by atoms with van der Waals surface area (Å²) in [5.74, 6) is -0.658. The maximum absolute atomic E-state index is 11.2. The lowest BCUT2D eigenvalue weighted by molar-refractivity contribution is -0.147. The van der Waals surface area contributed by atoms with Crippen molar-refractivity contribution < 1.29 is 9.90 Å². The van der Waals surface area contributed by atoms with Crippen LogP contribution in [0.1, 0.15) is 33.1 Å². The van der Waals surface area contributed by atoms with Crippen molar-refractivity contribution in [2.45, 2.75) is 45.2 Å². The molecule has 0 bridgehead atoms. The highest BCUT2D eigenvalue weighted by Crippen LogP contribution is 2.26. The Morgan fingerprint density at radius 2 is 2.40 bits per heavy atom. The van der Waals surface area contributed by atoms with E-state index in [0.29, 0.717) is 6.42 Å². The van der Waals surface area contributed by atoms with E-state index < -0.39 is 12.0 Å². The van der Waals surface area contributed by atoms with E-state index in [1.165, 1.54) is 0 Å². The average molecular weight is 210 g/mol. The Bertz CT molecular complexity index is 272. The predicted molar refractivity (Wildman–Crippen MR) is 56.2 cm³/mol. The third-order valence-electron chi connectivity index (χ3n) is 3.16. The molecule has 1 rings (SSSR count). The zero-order valence-electron chi connectivity index (χ0n) is 9.31. The number of aliphatic carboxylic acids is 1. The molecule has 0 radical (unpaired) electrons. The molecule has 3 atom stereocenters. The van der Waals surface area contributed by atoms with Crippen molar-refractivity contribution in [3.05, 3.63) is 0 Å². The number of carboxylic acid groups (broad SMARTS) is 1. The molecule has 0 spiro atoms. The van der Waals surface area contributed by atoms with Gasteiger partial charge in [-0.25, -0.2) is 0 Å². The minimum absolute atomic E-state index is 0.138. The van der Waals surface area contributed by atoms with E-state index in [9.17, 15) is 4.79 Å². The molecule has 4 nitrogen and oxygen atoms in total. The molecule has 0 aromatic carbocycles. The van der Waals surface area contributed by atoms with Crippen LogP contribution in [0.15, 0.2) is 0 Å². The molecule has 1 aliphatic rings. The summed E-state index contributed by atoms with van der Waals surface area (Å²) in [6.07, 6.45) is 2.62. The van der Waals surface area contributed by atoms with Crippen molar-refractivity contribution >= 4 is 5.97 Å². The normalized spacial score (nSPS) is 29.4. The first-order valence-corrected chi connectivity index (χ1v) is 5.50. The summed E-state index contributed by atoms with van der Waals surface area (Å²) >= 11 is 0. The Labute approximate surface area is 90.5 Å². The molecule has 3 unspecified atom stereocenters. The van der Waals surface area contributed by atoms with Crippen LogP contribution in [-0.2, 0) is 4.79 Å². The molecule has 0 aromatic heterocycles. The van der Waals surface area contributed by atoms with Gasteiger partial charge in [-0.3, -0.25) is 9.69 Å². The third-order valence-corrected chi connectivity index (χ3v) is 3.16. The molecule has 4 heteroatoms. The predicted octanol–water partition coefficient (Wildman–Crippen LogP) is 1.47. The molecule has 1 fully saturated rings. The smallest absolute Gasteiger partial charge is 0.321 e. The number of piperidine rings is 1. The maximum atomic E-state index is 11.2. The summed E-state index contributed by atoms with van der Waals surface area (Å²) in [6.45, 7) is 4.61.